The third-order valence-electron chi connectivity index (χ3n) is 5.17. The minimum absolute atomic E-state index is 0.0893. The minimum Gasteiger partial charge on any atom is -0.480 e. The number of para-hydroxylation sites is 1. The second kappa shape index (κ2) is 9.93. The van der Waals surface area contributed by atoms with Crippen LogP contribution in [-0.4, -0.2) is 45.3 Å². The molecule has 0 saturated carbocycles. The SMILES string of the molecule is CC(C)(C)C(NC(=O)c1nn(Cc2ccc(C#N)cc2)c2c(Cl)cccc12)C(=O)NCC(=O)O. The summed E-state index contributed by atoms with van der Waals surface area (Å²) >= 11 is 6.44. The zero-order chi connectivity index (χ0) is 25.0. The fourth-order valence-corrected chi connectivity index (χ4v) is 3.74. The van der Waals surface area contributed by atoms with E-state index in [9.17, 15) is 14.4 Å². The van der Waals surface area contributed by atoms with Crippen molar-refractivity contribution >= 4 is 40.3 Å². The van der Waals surface area contributed by atoms with Crippen LogP contribution < -0.4 is 10.6 Å². The smallest absolute Gasteiger partial charge is 0.322 e. The normalized spacial score (nSPS) is 12.1. The summed E-state index contributed by atoms with van der Waals surface area (Å²) in [5.41, 5.74) is 1.33. The molecule has 1 unspecified atom stereocenters. The Labute approximate surface area is 201 Å². The number of aliphatic carboxylic acids is 1. The van der Waals surface area contributed by atoms with Gasteiger partial charge in [-0.05, 0) is 29.2 Å². The molecule has 1 heterocycles. The number of halogens is 1. The van der Waals surface area contributed by atoms with Gasteiger partial charge in [0.05, 0.1) is 28.7 Å². The topological polar surface area (TPSA) is 137 Å². The summed E-state index contributed by atoms with van der Waals surface area (Å²) in [5.74, 6) is -2.38. The quantitative estimate of drug-likeness (QED) is 0.474. The van der Waals surface area contributed by atoms with Crippen LogP contribution in [0.2, 0.25) is 5.02 Å². The van der Waals surface area contributed by atoms with Gasteiger partial charge in [-0.25, -0.2) is 0 Å². The second-order valence-electron chi connectivity index (χ2n) is 8.84. The first-order valence-corrected chi connectivity index (χ1v) is 10.8. The van der Waals surface area contributed by atoms with Crippen LogP contribution in [0.1, 0.15) is 42.4 Å². The van der Waals surface area contributed by atoms with Crippen LogP contribution >= 0.6 is 11.6 Å². The molecule has 34 heavy (non-hydrogen) atoms. The minimum atomic E-state index is -1.19. The zero-order valence-electron chi connectivity index (χ0n) is 18.9. The number of aromatic nitrogens is 2. The van der Waals surface area contributed by atoms with Gasteiger partial charge in [-0.15, -0.1) is 0 Å². The Morgan fingerprint density at radius 3 is 2.44 bits per heavy atom. The number of hydrogen-bond acceptors (Lipinski definition) is 5. The van der Waals surface area contributed by atoms with E-state index in [1.807, 2.05) is 0 Å². The van der Waals surface area contributed by atoms with Gasteiger partial charge in [-0.3, -0.25) is 19.1 Å². The van der Waals surface area contributed by atoms with Gasteiger partial charge in [-0.1, -0.05) is 56.6 Å². The van der Waals surface area contributed by atoms with Crippen molar-refractivity contribution in [1.29, 1.82) is 5.26 Å². The molecule has 0 fully saturated rings. The third kappa shape index (κ3) is 5.53. The lowest BCUT2D eigenvalue weighted by molar-refractivity contribution is -0.138. The van der Waals surface area contributed by atoms with Crippen molar-refractivity contribution in [2.75, 3.05) is 6.54 Å². The summed E-state index contributed by atoms with van der Waals surface area (Å²) in [6.07, 6.45) is 0. The van der Waals surface area contributed by atoms with Crippen LogP contribution in [-0.2, 0) is 16.1 Å². The molecule has 0 aliphatic carbocycles. The third-order valence-corrected chi connectivity index (χ3v) is 5.47. The maximum Gasteiger partial charge on any atom is 0.322 e. The number of carbonyl (C=O) groups is 3. The van der Waals surface area contributed by atoms with Gasteiger partial charge < -0.3 is 15.7 Å². The molecule has 0 radical (unpaired) electrons. The van der Waals surface area contributed by atoms with Crippen molar-refractivity contribution < 1.29 is 19.5 Å². The first kappa shape index (κ1) is 24.7. The van der Waals surface area contributed by atoms with E-state index < -0.39 is 35.8 Å². The number of carboxylic acids is 1. The predicted octanol–water partition coefficient (Wildman–Crippen LogP) is 2.95. The number of carboxylic acid groups (broad SMARTS) is 1. The Morgan fingerprint density at radius 2 is 1.85 bits per heavy atom. The van der Waals surface area contributed by atoms with Gasteiger partial charge in [-0.2, -0.15) is 10.4 Å². The first-order valence-electron chi connectivity index (χ1n) is 10.5. The molecule has 3 aromatic rings. The van der Waals surface area contributed by atoms with Gasteiger partial charge in [0.2, 0.25) is 5.91 Å². The monoisotopic (exact) mass is 481 g/mol. The van der Waals surface area contributed by atoms with Crippen LogP contribution in [0.3, 0.4) is 0 Å². The number of fused-ring (bicyclic) bond motifs is 1. The first-order chi connectivity index (χ1) is 16.0. The summed E-state index contributed by atoms with van der Waals surface area (Å²) in [4.78, 5) is 36.7. The fourth-order valence-electron chi connectivity index (χ4n) is 3.47. The molecular formula is C24H24ClN5O4. The van der Waals surface area contributed by atoms with Crippen LogP contribution in [0.25, 0.3) is 10.9 Å². The fraction of sp³-hybridized carbons (Fsp3) is 0.292. The lowest BCUT2D eigenvalue weighted by Gasteiger charge is -2.30. The highest BCUT2D eigenvalue weighted by Crippen LogP contribution is 2.28. The average Bonchev–Trinajstić information content (AvgIpc) is 3.15. The van der Waals surface area contributed by atoms with Gasteiger partial charge in [0.25, 0.3) is 5.91 Å². The Bertz CT molecular complexity index is 1290. The second-order valence-corrected chi connectivity index (χ2v) is 9.24. The maximum absolute atomic E-state index is 13.3. The van der Waals surface area contributed by atoms with Crippen LogP contribution in [0.5, 0.6) is 0 Å². The van der Waals surface area contributed by atoms with Crippen molar-refractivity contribution in [3.63, 3.8) is 0 Å². The summed E-state index contributed by atoms with van der Waals surface area (Å²) in [7, 11) is 0. The molecular weight excluding hydrogens is 458 g/mol. The lowest BCUT2D eigenvalue weighted by Crippen LogP contribution is -2.54. The number of benzene rings is 2. The van der Waals surface area contributed by atoms with E-state index in [1.54, 1.807) is 67.9 Å². The molecule has 3 rings (SSSR count). The van der Waals surface area contributed by atoms with E-state index in [0.717, 1.165) is 5.56 Å². The van der Waals surface area contributed by atoms with E-state index >= 15 is 0 Å². The molecule has 2 aromatic carbocycles. The predicted molar refractivity (Wildman–Crippen MR) is 126 cm³/mol. The van der Waals surface area contributed by atoms with Crippen LogP contribution in [0.15, 0.2) is 42.5 Å². The Kier molecular flexibility index (Phi) is 7.23. The summed E-state index contributed by atoms with van der Waals surface area (Å²) in [6.45, 7) is 5.03. The average molecular weight is 482 g/mol. The van der Waals surface area contributed by atoms with E-state index in [2.05, 4.69) is 21.8 Å². The molecule has 3 N–H and O–H groups in total. The van der Waals surface area contributed by atoms with Crippen LogP contribution in [0.4, 0.5) is 0 Å². The lowest BCUT2D eigenvalue weighted by atomic mass is 9.86. The van der Waals surface area contributed by atoms with Gasteiger partial charge in [0, 0.05) is 5.39 Å². The van der Waals surface area contributed by atoms with Gasteiger partial charge >= 0.3 is 5.97 Å². The summed E-state index contributed by atoms with van der Waals surface area (Å²) in [5, 5.41) is 28.3. The Balaban J connectivity index is 1.95. The highest BCUT2D eigenvalue weighted by molar-refractivity contribution is 6.35. The molecule has 0 aliphatic rings. The van der Waals surface area contributed by atoms with E-state index in [-0.39, 0.29) is 5.69 Å². The molecule has 0 bridgehead atoms. The highest BCUT2D eigenvalue weighted by Gasteiger charge is 2.34. The summed E-state index contributed by atoms with van der Waals surface area (Å²) in [6, 6.07) is 13.2. The maximum atomic E-state index is 13.3. The van der Waals surface area contributed by atoms with E-state index in [0.29, 0.717) is 28.0 Å². The standard InChI is InChI=1S/C24H24ClN5O4/c1-24(2,3)21(23(34)27-12-18(31)32)28-22(33)19-16-5-4-6-17(25)20(16)30(29-19)13-15-9-7-14(11-26)8-10-15/h4-10,21H,12-13H2,1-3H3,(H,27,34)(H,28,33)(H,31,32). The van der Waals surface area contributed by atoms with Crippen LogP contribution in [0, 0.1) is 16.7 Å². The summed E-state index contributed by atoms with van der Waals surface area (Å²) < 4.78 is 1.60. The van der Waals surface area contributed by atoms with E-state index in [4.69, 9.17) is 22.0 Å². The highest BCUT2D eigenvalue weighted by atomic mass is 35.5. The molecule has 9 nitrogen and oxygen atoms in total. The zero-order valence-corrected chi connectivity index (χ0v) is 19.7. The number of carbonyl (C=O) groups excluding carboxylic acids is 2. The molecule has 0 aliphatic heterocycles. The Morgan fingerprint density at radius 1 is 1.18 bits per heavy atom. The van der Waals surface area contributed by atoms with Crippen molar-refractivity contribution in [2.45, 2.75) is 33.4 Å². The number of nitriles is 1. The largest absolute Gasteiger partial charge is 0.480 e. The number of nitrogens with one attached hydrogen (secondary N) is 2. The van der Waals surface area contributed by atoms with Crippen molar-refractivity contribution in [2.24, 2.45) is 5.41 Å². The van der Waals surface area contributed by atoms with Crippen molar-refractivity contribution in [1.82, 2.24) is 20.4 Å². The van der Waals surface area contributed by atoms with Crippen molar-refractivity contribution in [3.05, 3.63) is 64.3 Å². The molecule has 176 valence electrons. The van der Waals surface area contributed by atoms with Crippen molar-refractivity contribution in [3.8, 4) is 6.07 Å². The van der Waals surface area contributed by atoms with E-state index in [1.165, 1.54) is 0 Å². The number of nitrogens with zero attached hydrogens (tertiary/aromatic N) is 3. The number of rotatable bonds is 7. The number of hydrogen-bond donors (Lipinski definition) is 3. The molecule has 2 amide bonds. The molecule has 1 aromatic heterocycles. The molecule has 1 atom stereocenters. The molecule has 0 spiro atoms. The number of amides is 2. The Hall–Kier alpha value is -3.90. The molecule has 10 heteroatoms. The van der Waals surface area contributed by atoms with Gasteiger partial charge in [0.1, 0.15) is 12.6 Å². The molecule has 0 saturated heterocycles. The van der Waals surface area contributed by atoms with Gasteiger partial charge in [0.15, 0.2) is 5.69 Å².